The van der Waals surface area contributed by atoms with Gasteiger partial charge in [0.2, 0.25) is 0 Å². The Labute approximate surface area is 168 Å². The first-order valence-corrected chi connectivity index (χ1v) is 9.32. The number of benzene rings is 3. The lowest BCUT2D eigenvalue weighted by Crippen LogP contribution is -2.17. The minimum absolute atomic E-state index is 0.0744. The zero-order valence-corrected chi connectivity index (χ0v) is 16.0. The highest BCUT2D eigenvalue weighted by Gasteiger charge is 2.10. The highest BCUT2D eigenvalue weighted by Crippen LogP contribution is 2.27. The van der Waals surface area contributed by atoms with E-state index in [1.807, 2.05) is 36.4 Å². The molecule has 0 aliphatic heterocycles. The number of unbranched alkanes of at least 4 members (excludes halogenated alkanes) is 1. The highest BCUT2D eigenvalue weighted by molar-refractivity contribution is 6.03. The standard InChI is InChI=1S/C22H21N3O4/c1-2-3-14-29-21-13-10-16-6-4-5-7-19(16)20(21)15-23-24-22(26)17-8-11-18(12-9-17)25(27)28/h4-13,15H,2-3,14H2,1H3,(H,24,26)/b23-15+. The Hall–Kier alpha value is -3.74. The van der Waals surface area contributed by atoms with Crippen LogP contribution in [0.2, 0.25) is 0 Å². The largest absolute Gasteiger partial charge is 0.493 e. The molecule has 0 aliphatic carbocycles. The van der Waals surface area contributed by atoms with Crippen LogP contribution in [0.4, 0.5) is 5.69 Å². The maximum absolute atomic E-state index is 12.2. The number of rotatable bonds is 8. The molecule has 3 aromatic rings. The molecule has 0 atom stereocenters. The Morgan fingerprint density at radius 2 is 1.90 bits per heavy atom. The number of amides is 1. The van der Waals surface area contributed by atoms with Gasteiger partial charge in [0, 0.05) is 23.3 Å². The first-order chi connectivity index (χ1) is 14.1. The first kappa shape index (κ1) is 20.0. The van der Waals surface area contributed by atoms with Gasteiger partial charge in [-0.3, -0.25) is 14.9 Å². The summed E-state index contributed by atoms with van der Waals surface area (Å²) < 4.78 is 5.90. The molecule has 0 unspecified atom stereocenters. The summed E-state index contributed by atoms with van der Waals surface area (Å²) in [5, 5.41) is 16.8. The van der Waals surface area contributed by atoms with E-state index >= 15 is 0 Å². The maximum Gasteiger partial charge on any atom is 0.271 e. The number of nitro groups is 1. The zero-order chi connectivity index (χ0) is 20.6. The summed E-state index contributed by atoms with van der Waals surface area (Å²) in [5.74, 6) is 0.246. The Morgan fingerprint density at radius 1 is 1.14 bits per heavy atom. The van der Waals surface area contributed by atoms with E-state index in [1.165, 1.54) is 24.3 Å². The second-order valence-corrected chi connectivity index (χ2v) is 6.40. The smallest absolute Gasteiger partial charge is 0.271 e. The van der Waals surface area contributed by atoms with Crippen molar-refractivity contribution in [2.45, 2.75) is 19.8 Å². The van der Waals surface area contributed by atoms with Crippen molar-refractivity contribution in [2.75, 3.05) is 6.61 Å². The van der Waals surface area contributed by atoms with E-state index in [0.29, 0.717) is 12.4 Å². The first-order valence-electron chi connectivity index (χ1n) is 9.32. The Bertz CT molecular complexity index is 1050. The van der Waals surface area contributed by atoms with E-state index in [4.69, 9.17) is 4.74 Å². The number of nitrogens with zero attached hydrogens (tertiary/aromatic N) is 2. The number of ether oxygens (including phenoxy) is 1. The van der Waals surface area contributed by atoms with Crippen LogP contribution in [0.15, 0.2) is 65.8 Å². The molecule has 0 bridgehead atoms. The van der Waals surface area contributed by atoms with E-state index < -0.39 is 10.8 Å². The topological polar surface area (TPSA) is 93.8 Å². The third-order valence-corrected chi connectivity index (χ3v) is 4.39. The number of nitrogens with one attached hydrogen (secondary N) is 1. The van der Waals surface area contributed by atoms with Crippen LogP contribution >= 0.6 is 0 Å². The molecule has 3 rings (SSSR count). The van der Waals surface area contributed by atoms with Gasteiger partial charge < -0.3 is 4.74 Å². The quantitative estimate of drug-likeness (QED) is 0.261. The van der Waals surface area contributed by atoms with E-state index in [1.54, 1.807) is 6.21 Å². The highest BCUT2D eigenvalue weighted by atomic mass is 16.6. The summed E-state index contributed by atoms with van der Waals surface area (Å²) in [5.41, 5.74) is 3.45. The number of fused-ring (bicyclic) bond motifs is 1. The molecule has 148 valence electrons. The molecule has 29 heavy (non-hydrogen) atoms. The molecule has 7 nitrogen and oxygen atoms in total. The fourth-order valence-electron chi connectivity index (χ4n) is 2.82. The van der Waals surface area contributed by atoms with E-state index in [2.05, 4.69) is 17.5 Å². The van der Waals surface area contributed by atoms with E-state index in [-0.39, 0.29) is 11.3 Å². The van der Waals surface area contributed by atoms with Gasteiger partial charge >= 0.3 is 0 Å². The molecular formula is C22H21N3O4. The predicted octanol–water partition coefficient (Wildman–Crippen LogP) is 4.69. The van der Waals surface area contributed by atoms with Crippen LogP contribution in [0.25, 0.3) is 10.8 Å². The SMILES string of the molecule is CCCCOc1ccc2ccccc2c1/C=N/NC(=O)c1ccc([N+](=O)[O-])cc1. The van der Waals surface area contributed by atoms with Crippen LogP contribution in [0.3, 0.4) is 0 Å². The molecule has 0 spiro atoms. The Kier molecular flexibility index (Phi) is 6.52. The monoisotopic (exact) mass is 391 g/mol. The normalized spacial score (nSPS) is 10.9. The van der Waals surface area contributed by atoms with Gasteiger partial charge in [-0.25, -0.2) is 5.43 Å². The van der Waals surface area contributed by atoms with Gasteiger partial charge in [0.15, 0.2) is 0 Å². The fourth-order valence-corrected chi connectivity index (χ4v) is 2.82. The molecule has 1 N–H and O–H groups in total. The van der Waals surface area contributed by atoms with Crippen LogP contribution < -0.4 is 10.2 Å². The summed E-state index contributed by atoms with van der Waals surface area (Å²) in [7, 11) is 0. The lowest BCUT2D eigenvalue weighted by molar-refractivity contribution is -0.384. The average molecular weight is 391 g/mol. The molecule has 0 aliphatic rings. The lowest BCUT2D eigenvalue weighted by Gasteiger charge is -2.11. The van der Waals surface area contributed by atoms with Crippen molar-refractivity contribution in [3.63, 3.8) is 0 Å². The number of nitro benzene ring substituents is 1. The van der Waals surface area contributed by atoms with Crippen LogP contribution in [0.5, 0.6) is 5.75 Å². The molecule has 0 fully saturated rings. The number of carbonyl (C=O) groups is 1. The molecule has 0 radical (unpaired) electrons. The molecule has 7 heteroatoms. The third kappa shape index (κ3) is 4.95. The minimum atomic E-state index is -0.513. The number of hydrogen-bond donors (Lipinski definition) is 1. The summed E-state index contributed by atoms with van der Waals surface area (Å²) >= 11 is 0. The van der Waals surface area contributed by atoms with Gasteiger partial charge in [-0.15, -0.1) is 0 Å². The van der Waals surface area contributed by atoms with E-state index in [0.717, 1.165) is 29.2 Å². The van der Waals surface area contributed by atoms with Crippen LogP contribution in [-0.4, -0.2) is 23.7 Å². The summed E-state index contributed by atoms with van der Waals surface area (Å²) in [6.07, 6.45) is 3.54. The summed E-state index contributed by atoms with van der Waals surface area (Å²) in [4.78, 5) is 22.4. The van der Waals surface area contributed by atoms with Crippen LogP contribution in [0, 0.1) is 10.1 Å². The molecule has 1 amide bonds. The summed E-state index contributed by atoms with van der Waals surface area (Å²) in [6, 6.07) is 17.1. The van der Waals surface area contributed by atoms with Gasteiger partial charge in [-0.2, -0.15) is 5.10 Å². The average Bonchev–Trinajstić information content (AvgIpc) is 2.74. The van der Waals surface area contributed by atoms with Crippen molar-refractivity contribution in [3.05, 3.63) is 81.9 Å². The molecule has 0 aromatic heterocycles. The van der Waals surface area contributed by atoms with Gasteiger partial charge in [0.05, 0.1) is 17.7 Å². The van der Waals surface area contributed by atoms with Gasteiger partial charge in [-0.05, 0) is 35.4 Å². The van der Waals surface area contributed by atoms with Crippen molar-refractivity contribution in [1.29, 1.82) is 0 Å². The van der Waals surface area contributed by atoms with Crippen LogP contribution in [-0.2, 0) is 0 Å². The molecular weight excluding hydrogens is 370 g/mol. The van der Waals surface area contributed by atoms with Gasteiger partial charge in [-0.1, -0.05) is 43.7 Å². The summed E-state index contributed by atoms with van der Waals surface area (Å²) in [6.45, 7) is 2.70. The molecule has 0 saturated carbocycles. The van der Waals surface area contributed by atoms with Gasteiger partial charge in [0.1, 0.15) is 5.75 Å². The van der Waals surface area contributed by atoms with Gasteiger partial charge in [0.25, 0.3) is 11.6 Å². The van der Waals surface area contributed by atoms with Crippen molar-refractivity contribution in [1.82, 2.24) is 5.43 Å². The third-order valence-electron chi connectivity index (χ3n) is 4.39. The molecule has 0 saturated heterocycles. The Morgan fingerprint density at radius 3 is 2.62 bits per heavy atom. The van der Waals surface area contributed by atoms with Crippen molar-refractivity contribution >= 4 is 28.6 Å². The van der Waals surface area contributed by atoms with Crippen molar-refractivity contribution in [3.8, 4) is 5.75 Å². The lowest BCUT2D eigenvalue weighted by atomic mass is 10.0. The molecule has 0 heterocycles. The number of hydrogen-bond acceptors (Lipinski definition) is 5. The second-order valence-electron chi connectivity index (χ2n) is 6.40. The van der Waals surface area contributed by atoms with Crippen molar-refractivity contribution < 1.29 is 14.5 Å². The number of non-ortho nitro benzene ring substituents is 1. The predicted molar refractivity (Wildman–Crippen MR) is 113 cm³/mol. The minimum Gasteiger partial charge on any atom is -0.493 e. The number of carbonyl (C=O) groups excluding carboxylic acids is 1. The zero-order valence-electron chi connectivity index (χ0n) is 16.0. The fraction of sp³-hybridized carbons (Fsp3) is 0.182. The number of hydrazone groups is 1. The second kappa shape index (κ2) is 9.45. The van der Waals surface area contributed by atoms with Crippen molar-refractivity contribution in [2.24, 2.45) is 5.10 Å². The van der Waals surface area contributed by atoms with Crippen LogP contribution in [0.1, 0.15) is 35.7 Å². The van der Waals surface area contributed by atoms with E-state index in [9.17, 15) is 14.9 Å². The Balaban J connectivity index is 1.80. The molecule has 3 aromatic carbocycles. The maximum atomic E-state index is 12.2.